The Morgan fingerprint density at radius 3 is 2.06 bits per heavy atom. The summed E-state index contributed by atoms with van der Waals surface area (Å²) in [6, 6.07) is 3.33. The molecule has 1 aromatic rings. The zero-order valence-corrected chi connectivity index (χ0v) is 10.8. The Morgan fingerprint density at radius 2 is 1.65 bits per heavy atom. The van der Waals surface area contributed by atoms with Crippen molar-refractivity contribution < 1.29 is 8.78 Å². The van der Waals surface area contributed by atoms with Gasteiger partial charge in [-0.05, 0) is 52.1 Å². The quantitative estimate of drug-likeness (QED) is 0.876. The largest absolute Gasteiger partial charge is 0.326 e. The van der Waals surface area contributed by atoms with Crippen molar-refractivity contribution in [2.45, 2.75) is 31.8 Å². The van der Waals surface area contributed by atoms with Crippen LogP contribution in [0.25, 0.3) is 0 Å². The molecule has 0 saturated heterocycles. The first-order valence-corrected chi connectivity index (χ1v) is 5.61. The molecule has 0 amide bonds. The van der Waals surface area contributed by atoms with Gasteiger partial charge in [-0.1, -0.05) is 0 Å². The van der Waals surface area contributed by atoms with E-state index in [0.717, 1.165) is 6.07 Å². The highest BCUT2D eigenvalue weighted by molar-refractivity contribution is 5.19. The molecule has 0 spiro atoms. The fourth-order valence-electron chi connectivity index (χ4n) is 1.56. The van der Waals surface area contributed by atoms with Crippen LogP contribution in [0.3, 0.4) is 0 Å². The number of benzene rings is 1. The summed E-state index contributed by atoms with van der Waals surface area (Å²) in [6.45, 7) is 4.01. The van der Waals surface area contributed by atoms with Crippen molar-refractivity contribution >= 4 is 0 Å². The smallest absolute Gasteiger partial charge is 0.126 e. The highest BCUT2D eigenvalue weighted by atomic mass is 19.1. The number of nitrogens with zero attached hydrogens (tertiary/aromatic N) is 1. The molecule has 0 aromatic heterocycles. The molecule has 2 nitrogen and oxygen atoms in total. The lowest BCUT2D eigenvalue weighted by Gasteiger charge is -2.38. The zero-order valence-electron chi connectivity index (χ0n) is 10.8. The first-order chi connectivity index (χ1) is 7.73. The highest BCUT2D eigenvalue weighted by Crippen LogP contribution is 2.19. The summed E-state index contributed by atoms with van der Waals surface area (Å²) in [5.41, 5.74) is 6.45. The molecule has 0 fully saturated rings. The first-order valence-electron chi connectivity index (χ1n) is 5.61. The number of hydrogen-bond acceptors (Lipinski definition) is 2. The van der Waals surface area contributed by atoms with E-state index >= 15 is 0 Å². The third-order valence-corrected chi connectivity index (χ3v) is 3.44. The molecule has 1 unspecified atom stereocenters. The third kappa shape index (κ3) is 3.48. The topological polar surface area (TPSA) is 29.3 Å². The number of rotatable bonds is 4. The van der Waals surface area contributed by atoms with Gasteiger partial charge in [-0.25, -0.2) is 8.78 Å². The fourth-order valence-corrected chi connectivity index (χ4v) is 1.56. The minimum atomic E-state index is -0.560. The Kier molecular flexibility index (Phi) is 4.22. The van der Waals surface area contributed by atoms with E-state index < -0.39 is 11.6 Å². The molecule has 1 rings (SSSR count). The molecule has 4 heteroatoms. The van der Waals surface area contributed by atoms with Crippen LogP contribution >= 0.6 is 0 Å². The summed E-state index contributed by atoms with van der Waals surface area (Å²) in [4.78, 5) is 2.01. The van der Waals surface area contributed by atoms with Crippen LogP contribution in [0.5, 0.6) is 0 Å². The van der Waals surface area contributed by atoms with Crippen LogP contribution in [-0.4, -0.2) is 30.6 Å². The lowest BCUT2D eigenvalue weighted by molar-refractivity contribution is 0.157. The molecule has 0 radical (unpaired) electrons. The van der Waals surface area contributed by atoms with Gasteiger partial charge in [0.05, 0.1) is 0 Å². The molecule has 0 saturated carbocycles. The summed E-state index contributed by atoms with van der Waals surface area (Å²) >= 11 is 0. The summed E-state index contributed by atoms with van der Waals surface area (Å²) in [6.07, 6.45) is 0.444. The maximum atomic E-state index is 13.0. The SMILES string of the molecule is CN(C)C(C)(C)C(N)Cc1cc(F)cc(F)c1. The highest BCUT2D eigenvalue weighted by Gasteiger charge is 2.28. The molecule has 96 valence electrons. The molecule has 0 heterocycles. The standard InChI is InChI=1S/C13H20F2N2/c1-13(2,17(3)4)12(16)7-9-5-10(14)8-11(15)6-9/h5-6,8,12H,7,16H2,1-4H3. The van der Waals surface area contributed by atoms with E-state index in [-0.39, 0.29) is 11.6 Å². The van der Waals surface area contributed by atoms with E-state index in [2.05, 4.69) is 0 Å². The van der Waals surface area contributed by atoms with E-state index in [1.165, 1.54) is 12.1 Å². The zero-order chi connectivity index (χ0) is 13.2. The van der Waals surface area contributed by atoms with Crippen LogP contribution in [-0.2, 0) is 6.42 Å². The van der Waals surface area contributed by atoms with Crippen molar-refractivity contribution in [2.75, 3.05) is 14.1 Å². The van der Waals surface area contributed by atoms with Gasteiger partial charge in [-0.3, -0.25) is 0 Å². The molecule has 0 aliphatic heterocycles. The van der Waals surface area contributed by atoms with Gasteiger partial charge in [-0.15, -0.1) is 0 Å². The van der Waals surface area contributed by atoms with Crippen LogP contribution in [0.2, 0.25) is 0 Å². The van der Waals surface area contributed by atoms with Crippen LogP contribution in [0.1, 0.15) is 19.4 Å². The second-order valence-electron chi connectivity index (χ2n) is 5.14. The van der Waals surface area contributed by atoms with E-state index in [1.807, 2.05) is 32.8 Å². The van der Waals surface area contributed by atoms with Crippen molar-refractivity contribution in [3.8, 4) is 0 Å². The Hall–Kier alpha value is -1.00. The predicted molar refractivity (Wildman–Crippen MR) is 65.8 cm³/mol. The van der Waals surface area contributed by atoms with Crippen molar-refractivity contribution in [3.63, 3.8) is 0 Å². The number of likely N-dealkylation sites (N-methyl/N-ethyl adjacent to an activating group) is 1. The fraction of sp³-hybridized carbons (Fsp3) is 0.538. The molecule has 0 bridgehead atoms. The van der Waals surface area contributed by atoms with E-state index in [1.54, 1.807) is 0 Å². The molecule has 1 aromatic carbocycles. The lowest BCUT2D eigenvalue weighted by atomic mass is 9.89. The van der Waals surface area contributed by atoms with Gasteiger partial charge in [0, 0.05) is 17.6 Å². The maximum Gasteiger partial charge on any atom is 0.126 e. The molecule has 0 aliphatic rings. The van der Waals surface area contributed by atoms with Gasteiger partial charge in [0.15, 0.2) is 0 Å². The second kappa shape index (κ2) is 5.10. The van der Waals surface area contributed by atoms with Crippen LogP contribution in [0.15, 0.2) is 18.2 Å². The van der Waals surface area contributed by atoms with Gasteiger partial charge in [0.25, 0.3) is 0 Å². The van der Waals surface area contributed by atoms with Crippen LogP contribution in [0, 0.1) is 11.6 Å². The maximum absolute atomic E-state index is 13.0. The minimum absolute atomic E-state index is 0.196. The Bertz CT molecular complexity index is 369. The van der Waals surface area contributed by atoms with Gasteiger partial charge < -0.3 is 10.6 Å². The van der Waals surface area contributed by atoms with Gasteiger partial charge in [0.1, 0.15) is 11.6 Å². The summed E-state index contributed by atoms with van der Waals surface area (Å²) < 4.78 is 26.1. The number of halogens is 2. The Morgan fingerprint density at radius 1 is 1.18 bits per heavy atom. The molecule has 0 aliphatic carbocycles. The normalized spacial score (nSPS) is 14.1. The van der Waals surface area contributed by atoms with Crippen molar-refractivity contribution in [3.05, 3.63) is 35.4 Å². The van der Waals surface area contributed by atoms with Crippen LogP contribution in [0.4, 0.5) is 8.78 Å². The van der Waals surface area contributed by atoms with E-state index in [9.17, 15) is 8.78 Å². The number of nitrogens with two attached hydrogens (primary N) is 1. The molecule has 17 heavy (non-hydrogen) atoms. The van der Waals surface area contributed by atoms with Gasteiger partial charge >= 0.3 is 0 Å². The second-order valence-corrected chi connectivity index (χ2v) is 5.14. The van der Waals surface area contributed by atoms with Crippen molar-refractivity contribution in [1.82, 2.24) is 4.90 Å². The molecular formula is C13H20F2N2. The predicted octanol–water partition coefficient (Wildman–Crippen LogP) is 2.17. The molecule has 2 N–H and O–H groups in total. The summed E-state index contributed by atoms with van der Waals surface area (Å²) in [7, 11) is 3.87. The van der Waals surface area contributed by atoms with Crippen molar-refractivity contribution in [2.24, 2.45) is 5.73 Å². The average molecular weight is 242 g/mol. The monoisotopic (exact) mass is 242 g/mol. The summed E-state index contributed by atoms with van der Waals surface area (Å²) in [5, 5.41) is 0. The Balaban J connectivity index is 2.84. The van der Waals surface area contributed by atoms with Crippen LogP contribution < -0.4 is 5.73 Å². The third-order valence-electron chi connectivity index (χ3n) is 3.44. The lowest BCUT2D eigenvalue weighted by Crippen LogP contribution is -2.54. The van der Waals surface area contributed by atoms with Gasteiger partial charge in [-0.2, -0.15) is 0 Å². The molecular weight excluding hydrogens is 222 g/mol. The van der Waals surface area contributed by atoms with E-state index in [0.29, 0.717) is 12.0 Å². The molecule has 1 atom stereocenters. The Labute approximate surface area is 101 Å². The van der Waals surface area contributed by atoms with Crippen molar-refractivity contribution in [1.29, 1.82) is 0 Å². The minimum Gasteiger partial charge on any atom is -0.326 e. The number of hydrogen-bond donors (Lipinski definition) is 1. The average Bonchev–Trinajstić information content (AvgIpc) is 2.15. The first kappa shape index (κ1) is 14.1. The summed E-state index contributed by atoms with van der Waals surface area (Å²) in [5.74, 6) is -1.12. The van der Waals surface area contributed by atoms with E-state index in [4.69, 9.17) is 5.73 Å². The van der Waals surface area contributed by atoms with Gasteiger partial charge in [0.2, 0.25) is 0 Å².